The van der Waals surface area contributed by atoms with Crippen LogP contribution >= 0.6 is 0 Å². The highest BCUT2D eigenvalue weighted by molar-refractivity contribution is 5.13. The molecule has 1 aromatic rings. The van der Waals surface area contributed by atoms with Crippen LogP contribution in [0.3, 0.4) is 0 Å². The molecule has 1 heterocycles. The van der Waals surface area contributed by atoms with Crippen molar-refractivity contribution in [2.45, 2.75) is 44.6 Å². The lowest BCUT2D eigenvalue weighted by atomic mass is 9.87. The van der Waals surface area contributed by atoms with E-state index in [1.165, 1.54) is 43.5 Å². The fraction of sp³-hybridized carbons (Fsp3) is 0.727. The van der Waals surface area contributed by atoms with E-state index in [0.29, 0.717) is 5.92 Å². The number of aromatic nitrogens is 2. The molecular formula is C11H19N3. The Balaban J connectivity index is 2.00. The molecule has 0 amide bonds. The van der Waals surface area contributed by atoms with Gasteiger partial charge in [-0.3, -0.25) is 5.10 Å². The van der Waals surface area contributed by atoms with Crippen molar-refractivity contribution in [3.8, 4) is 0 Å². The van der Waals surface area contributed by atoms with Crippen molar-refractivity contribution in [3.63, 3.8) is 0 Å². The number of nitrogens with zero attached hydrogens (tertiary/aromatic N) is 1. The number of hydrogen-bond acceptors (Lipinski definition) is 2. The molecule has 2 rings (SSSR count). The van der Waals surface area contributed by atoms with Crippen molar-refractivity contribution in [2.24, 2.45) is 0 Å². The van der Waals surface area contributed by atoms with Crippen molar-refractivity contribution in [1.29, 1.82) is 0 Å². The molecule has 1 aliphatic carbocycles. The van der Waals surface area contributed by atoms with Gasteiger partial charge in [-0.1, -0.05) is 19.3 Å². The Kier molecular flexibility index (Phi) is 3.19. The van der Waals surface area contributed by atoms with Crippen molar-refractivity contribution >= 4 is 0 Å². The van der Waals surface area contributed by atoms with Crippen LogP contribution in [0.15, 0.2) is 6.07 Å². The summed E-state index contributed by atoms with van der Waals surface area (Å²) in [5.74, 6) is 0.714. The summed E-state index contributed by atoms with van der Waals surface area (Å²) >= 11 is 0. The number of aromatic amines is 1. The smallest absolute Gasteiger partial charge is 0.0656 e. The zero-order valence-electron chi connectivity index (χ0n) is 8.84. The molecule has 0 saturated heterocycles. The van der Waals surface area contributed by atoms with Gasteiger partial charge < -0.3 is 5.32 Å². The molecule has 0 radical (unpaired) electrons. The molecule has 0 bridgehead atoms. The third-order valence-corrected chi connectivity index (χ3v) is 3.04. The standard InChI is InChI=1S/C11H19N3/c1-12-8-10-7-11(14-13-10)9-5-3-2-4-6-9/h7,9,12H,2-6,8H2,1H3,(H,13,14). The normalized spacial score (nSPS) is 18.6. The molecule has 1 aromatic heterocycles. The minimum atomic E-state index is 0.714. The van der Waals surface area contributed by atoms with Crippen LogP contribution < -0.4 is 5.32 Å². The predicted octanol–water partition coefficient (Wildman–Crippen LogP) is 2.18. The van der Waals surface area contributed by atoms with E-state index >= 15 is 0 Å². The summed E-state index contributed by atoms with van der Waals surface area (Å²) in [6, 6.07) is 2.21. The van der Waals surface area contributed by atoms with Gasteiger partial charge in [0.25, 0.3) is 0 Å². The molecule has 0 atom stereocenters. The average Bonchev–Trinajstić information content (AvgIpc) is 2.68. The highest BCUT2D eigenvalue weighted by Gasteiger charge is 2.17. The van der Waals surface area contributed by atoms with Crippen molar-refractivity contribution in [1.82, 2.24) is 15.5 Å². The number of nitrogens with one attached hydrogen (secondary N) is 2. The average molecular weight is 193 g/mol. The zero-order chi connectivity index (χ0) is 9.80. The van der Waals surface area contributed by atoms with Crippen molar-refractivity contribution in [3.05, 3.63) is 17.5 Å². The van der Waals surface area contributed by atoms with Crippen LogP contribution in [0, 0.1) is 0 Å². The Bertz CT molecular complexity index is 274. The summed E-state index contributed by atoms with van der Waals surface area (Å²) in [6.45, 7) is 0.889. The van der Waals surface area contributed by atoms with Gasteiger partial charge in [0.1, 0.15) is 0 Å². The van der Waals surface area contributed by atoms with Gasteiger partial charge in [-0.2, -0.15) is 5.10 Å². The fourth-order valence-electron chi connectivity index (χ4n) is 2.27. The Labute approximate surface area is 85.3 Å². The van der Waals surface area contributed by atoms with Gasteiger partial charge in [0.05, 0.1) is 5.69 Å². The molecule has 14 heavy (non-hydrogen) atoms. The molecule has 78 valence electrons. The fourth-order valence-corrected chi connectivity index (χ4v) is 2.27. The first-order valence-corrected chi connectivity index (χ1v) is 5.59. The summed E-state index contributed by atoms with van der Waals surface area (Å²) in [5.41, 5.74) is 2.48. The van der Waals surface area contributed by atoms with Gasteiger partial charge in [-0.25, -0.2) is 0 Å². The van der Waals surface area contributed by atoms with Gasteiger partial charge in [-0.05, 0) is 26.0 Å². The Hall–Kier alpha value is -0.830. The van der Waals surface area contributed by atoms with Gasteiger partial charge in [0.2, 0.25) is 0 Å². The summed E-state index contributed by atoms with van der Waals surface area (Å²) in [6.07, 6.45) is 6.80. The molecule has 2 N–H and O–H groups in total. The third kappa shape index (κ3) is 2.15. The Morgan fingerprint density at radius 1 is 1.43 bits per heavy atom. The maximum atomic E-state index is 4.39. The lowest BCUT2D eigenvalue weighted by Gasteiger charge is -2.19. The third-order valence-electron chi connectivity index (χ3n) is 3.04. The maximum Gasteiger partial charge on any atom is 0.0656 e. The molecule has 0 aromatic carbocycles. The second-order valence-corrected chi connectivity index (χ2v) is 4.18. The first kappa shape index (κ1) is 9.71. The Morgan fingerprint density at radius 3 is 2.93 bits per heavy atom. The molecular weight excluding hydrogens is 174 g/mol. The number of H-pyrrole nitrogens is 1. The van der Waals surface area contributed by atoms with E-state index in [0.717, 1.165) is 6.54 Å². The number of hydrogen-bond donors (Lipinski definition) is 2. The minimum absolute atomic E-state index is 0.714. The van der Waals surface area contributed by atoms with E-state index in [9.17, 15) is 0 Å². The minimum Gasteiger partial charge on any atom is -0.314 e. The summed E-state index contributed by atoms with van der Waals surface area (Å²) in [4.78, 5) is 0. The highest BCUT2D eigenvalue weighted by Crippen LogP contribution is 2.31. The van der Waals surface area contributed by atoms with E-state index in [-0.39, 0.29) is 0 Å². The molecule has 1 saturated carbocycles. The monoisotopic (exact) mass is 193 g/mol. The van der Waals surface area contributed by atoms with Crippen LogP contribution in [0.5, 0.6) is 0 Å². The first-order valence-electron chi connectivity index (χ1n) is 5.59. The van der Waals surface area contributed by atoms with E-state index in [2.05, 4.69) is 21.6 Å². The zero-order valence-corrected chi connectivity index (χ0v) is 8.84. The Morgan fingerprint density at radius 2 is 2.21 bits per heavy atom. The topological polar surface area (TPSA) is 40.7 Å². The quantitative estimate of drug-likeness (QED) is 0.772. The SMILES string of the molecule is CNCc1cc(C2CCCCC2)n[nH]1. The van der Waals surface area contributed by atoms with Crippen LogP contribution in [-0.4, -0.2) is 17.2 Å². The van der Waals surface area contributed by atoms with Crippen LogP contribution in [0.1, 0.15) is 49.4 Å². The van der Waals surface area contributed by atoms with E-state index in [1.54, 1.807) is 0 Å². The lowest BCUT2D eigenvalue weighted by Crippen LogP contribution is -2.05. The molecule has 0 unspecified atom stereocenters. The van der Waals surface area contributed by atoms with E-state index in [4.69, 9.17) is 0 Å². The molecule has 1 aliphatic rings. The van der Waals surface area contributed by atoms with E-state index in [1.807, 2.05) is 7.05 Å². The summed E-state index contributed by atoms with van der Waals surface area (Å²) in [7, 11) is 1.96. The summed E-state index contributed by atoms with van der Waals surface area (Å²) in [5, 5.41) is 10.6. The largest absolute Gasteiger partial charge is 0.314 e. The number of rotatable bonds is 3. The molecule has 3 heteroatoms. The molecule has 3 nitrogen and oxygen atoms in total. The van der Waals surface area contributed by atoms with E-state index < -0.39 is 0 Å². The van der Waals surface area contributed by atoms with Crippen molar-refractivity contribution < 1.29 is 0 Å². The second-order valence-electron chi connectivity index (χ2n) is 4.18. The van der Waals surface area contributed by atoms with Crippen LogP contribution in [-0.2, 0) is 6.54 Å². The molecule has 0 aliphatic heterocycles. The maximum absolute atomic E-state index is 4.39. The van der Waals surface area contributed by atoms with Gasteiger partial charge in [-0.15, -0.1) is 0 Å². The van der Waals surface area contributed by atoms with Crippen LogP contribution in [0.2, 0.25) is 0 Å². The highest BCUT2D eigenvalue weighted by atomic mass is 15.1. The second kappa shape index (κ2) is 4.60. The lowest BCUT2D eigenvalue weighted by molar-refractivity contribution is 0.436. The predicted molar refractivity (Wildman–Crippen MR) is 57.2 cm³/mol. The van der Waals surface area contributed by atoms with Gasteiger partial charge >= 0.3 is 0 Å². The van der Waals surface area contributed by atoms with Crippen LogP contribution in [0.25, 0.3) is 0 Å². The van der Waals surface area contributed by atoms with Gasteiger partial charge in [0, 0.05) is 18.2 Å². The van der Waals surface area contributed by atoms with Gasteiger partial charge in [0.15, 0.2) is 0 Å². The van der Waals surface area contributed by atoms with Crippen molar-refractivity contribution in [2.75, 3.05) is 7.05 Å². The van der Waals surface area contributed by atoms with Crippen LogP contribution in [0.4, 0.5) is 0 Å². The first-order chi connectivity index (χ1) is 6.90. The summed E-state index contributed by atoms with van der Waals surface area (Å²) < 4.78 is 0. The molecule has 1 fully saturated rings. The molecule has 0 spiro atoms.